The fourth-order valence-corrected chi connectivity index (χ4v) is 2.82. The zero-order valence-corrected chi connectivity index (χ0v) is 12.5. The van der Waals surface area contributed by atoms with E-state index in [1.165, 1.54) is 4.90 Å². The average Bonchev–Trinajstić information content (AvgIpc) is 2.66. The third-order valence-corrected chi connectivity index (χ3v) is 3.73. The quantitative estimate of drug-likeness (QED) is 0.353. The van der Waals surface area contributed by atoms with Gasteiger partial charge in [-0.1, -0.05) is 12.1 Å². The highest BCUT2D eigenvalue weighted by Crippen LogP contribution is 2.30. The highest BCUT2D eigenvalue weighted by Gasteiger charge is 2.49. The summed E-state index contributed by atoms with van der Waals surface area (Å²) in [5, 5.41) is 4.21. The summed E-state index contributed by atoms with van der Waals surface area (Å²) in [6.45, 7) is 1.50. The number of rotatable bonds is 6. The number of hydroxylamine groups is 2. The van der Waals surface area contributed by atoms with E-state index in [1.807, 2.05) is 6.92 Å². The normalized spacial score (nSPS) is 26.6. The van der Waals surface area contributed by atoms with Gasteiger partial charge in [0.15, 0.2) is 6.61 Å². The van der Waals surface area contributed by atoms with Crippen molar-refractivity contribution in [3.63, 3.8) is 0 Å². The van der Waals surface area contributed by atoms with Crippen molar-refractivity contribution in [3.8, 4) is 0 Å². The molecule has 2 bridgehead atoms. The number of hydrogen-bond acceptors (Lipinski definition) is 8. The maximum absolute atomic E-state index is 12.1. The van der Waals surface area contributed by atoms with Gasteiger partial charge in [0.25, 0.3) is 5.91 Å². The van der Waals surface area contributed by atoms with Crippen molar-refractivity contribution in [2.75, 3.05) is 13.2 Å². The van der Waals surface area contributed by atoms with Gasteiger partial charge in [0.2, 0.25) is 10.4 Å². The minimum absolute atomic E-state index is 0.117. The molecule has 11 nitrogen and oxygen atoms in total. The summed E-state index contributed by atoms with van der Waals surface area (Å²) in [5.74, 6) is -0.730. The number of piperidine rings is 1. The molecule has 2 saturated heterocycles. The number of amides is 3. The van der Waals surface area contributed by atoms with Crippen molar-refractivity contribution >= 4 is 28.0 Å². The first kappa shape index (κ1) is 16.5. The first-order chi connectivity index (χ1) is 10.2. The Kier molecular flexibility index (Phi) is 4.53. The van der Waals surface area contributed by atoms with E-state index >= 15 is 0 Å². The largest absolute Gasteiger partial charge is 0.724 e. The van der Waals surface area contributed by atoms with Gasteiger partial charge in [-0.25, -0.2) is 13.2 Å². The van der Waals surface area contributed by atoms with Gasteiger partial charge < -0.3 is 20.0 Å². The van der Waals surface area contributed by atoms with Gasteiger partial charge in [0.1, 0.15) is 6.04 Å². The van der Waals surface area contributed by atoms with Crippen LogP contribution in [-0.2, 0) is 24.3 Å². The van der Waals surface area contributed by atoms with E-state index < -0.39 is 35.0 Å². The first-order valence-electron chi connectivity index (χ1n) is 6.45. The van der Waals surface area contributed by atoms with Crippen LogP contribution in [-0.4, -0.2) is 65.8 Å². The van der Waals surface area contributed by atoms with E-state index in [-0.39, 0.29) is 12.6 Å². The summed E-state index contributed by atoms with van der Waals surface area (Å²) >= 11 is 0. The number of carbonyl (C=O) groups is 2. The van der Waals surface area contributed by atoms with Gasteiger partial charge in [0, 0.05) is 12.5 Å². The van der Waals surface area contributed by atoms with Crippen LogP contribution in [0.2, 0.25) is 0 Å². The second-order valence-corrected chi connectivity index (χ2v) is 5.81. The monoisotopic (exact) mass is 335 g/mol. The third-order valence-electron chi connectivity index (χ3n) is 3.39. The Bertz CT molecular complexity index is 604. The van der Waals surface area contributed by atoms with Gasteiger partial charge >= 0.3 is 6.03 Å². The van der Waals surface area contributed by atoms with Crippen LogP contribution in [0.1, 0.15) is 19.8 Å². The first-order valence-corrected chi connectivity index (χ1v) is 7.78. The van der Waals surface area contributed by atoms with Crippen LogP contribution in [0.15, 0.2) is 5.16 Å². The molecule has 3 amide bonds. The van der Waals surface area contributed by atoms with Crippen molar-refractivity contribution in [1.82, 2.24) is 9.96 Å². The molecular formula is C10H15N4O7S-. The number of nitrogens with two attached hydrogens (primary N) is 1. The summed E-state index contributed by atoms with van der Waals surface area (Å²) in [6, 6.07) is -1.83. The topological polar surface area (TPSA) is 155 Å². The molecule has 22 heavy (non-hydrogen) atoms. The highest BCUT2D eigenvalue weighted by molar-refractivity contribution is 7.80. The van der Waals surface area contributed by atoms with Crippen molar-refractivity contribution in [2.45, 2.75) is 31.8 Å². The zero-order valence-electron chi connectivity index (χ0n) is 11.7. The molecule has 2 aliphatic heterocycles. The van der Waals surface area contributed by atoms with E-state index in [0.717, 1.165) is 0 Å². The number of fused-ring (bicyclic) bond motifs is 2. The van der Waals surface area contributed by atoms with E-state index in [4.69, 9.17) is 10.6 Å². The molecule has 2 heterocycles. The van der Waals surface area contributed by atoms with Gasteiger partial charge in [-0.2, -0.15) is 9.35 Å². The maximum Gasteiger partial charge on any atom is 0.346 e. The molecule has 0 spiro atoms. The molecule has 0 aliphatic carbocycles. The minimum atomic E-state index is -5.10. The van der Waals surface area contributed by atoms with Gasteiger partial charge in [-0.05, 0) is 6.42 Å². The molecule has 12 heteroatoms. The fourth-order valence-electron chi connectivity index (χ4n) is 2.46. The van der Waals surface area contributed by atoms with Crippen molar-refractivity contribution in [2.24, 2.45) is 10.9 Å². The predicted molar refractivity (Wildman–Crippen MR) is 69.8 cm³/mol. The zero-order chi connectivity index (χ0) is 16.5. The highest BCUT2D eigenvalue weighted by atomic mass is 32.3. The Morgan fingerprint density at radius 2 is 2.23 bits per heavy atom. The molecule has 124 valence electrons. The van der Waals surface area contributed by atoms with Crippen LogP contribution >= 0.6 is 0 Å². The Morgan fingerprint density at radius 3 is 2.77 bits per heavy atom. The third kappa shape index (κ3) is 3.45. The van der Waals surface area contributed by atoms with E-state index in [9.17, 15) is 22.6 Å². The number of urea groups is 1. The molecule has 0 aromatic rings. The second-order valence-electron chi connectivity index (χ2n) is 4.85. The molecule has 0 aromatic carbocycles. The van der Waals surface area contributed by atoms with Crippen molar-refractivity contribution in [3.05, 3.63) is 0 Å². The molecule has 2 atom stereocenters. The van der Waals surface area contributed by atoms with Crippen LogP contribution < -0.4 is 5.73 Å². The lowest BCUT2D eigenvalue weighted by Crippen LogP contribution is -2.45. The number of hydrogen-bond donors (Lipinski definition) is 1. The van der Waals surface area contributed by atoms with Gasteiger partial charge in [0.05, 0.1) is 12.3 Å². The Hall–Kier alpha value is -1.92. The molecule has 0 saturated carbocycles. The maximum atomic E-state index is 12.1. The summed E-state index contributed by atoms with van der Waals surface area (Å²) in [7, 11) is -5.10. The molecule has 0 radical (unpaired) electrons. The van der Waals surface area contributed by atoms with Crippen LogP contribution in [0.5, 0.6) is 0 Å². The molecule has 2 N–H and O–H groups in total. The molecule has 0 aromatic heterocycles. The SMILES string of the molecule is CC[C@@H]1CC(=NOCC(N)=O)[C@@H]2CN1C(=O)N2OS(=O)(=O)[O-]. The van der Waals surface area contributed by atoms with Crippen LogP contribution in [0.4, 0.5) is 4.79 Å². The van der Waals surface area contributed by atoms with Crippen molar-refractivity contribution in [1.29, 1.82) is 0 Å². The summed E-state index contributed by atoms with van der Waals surface area (Å²) in [6.07, 6.45) is 0.899. The fraction of sp³-hybridized carbons (Fsp3) is 0.700. The lowest BCUT2D eigenvalue weighted by molar-refractivity contribution is -0.122. The Balaban J connectivity index is 2.24. The van der Waals surface area contributed by atoms with E-state index in [2.05, 4.69) is 9.44 Å². The number of carbonyl (C=O) groups excluding carboxylic acids is 2. The molecule has 2 fully saturated rings. The van der Waals surface area contributed by atoms with Crippen LogP contribution in [0.25, 0.3) is 0 Å². The van der Waals surface area contributed by atoms with E-state index in [0.29, 0.717) is 23.6 Å². The number of nitrogens with zero attached hydrogens (tertiary/aromatic N) is 3. The summed E-state index contributed by atoms with van der Waals surface area (Å²) < 4.78 is 36.5. The molecule has 2 aliphatic rings. The lowest BCUT2D eigenvalue weighted by atomic mass is 9.97. The average molecular weight is 335 g/mol. The second kappa shape index (κ2) is 6.06. The standard InChI is InChI=1S/C10H16N4O7S/c1-2-6-3-7(12-20-5-9(11)15)8-4-13(6)10(16)14(8)21-22(17,18)19/h6,8H,2-5H2,1H3,(H2,11,15)(H,17,18,19)/p-1/t6-,8+/m1/s1. The number of oxime groups is 1. The lowest BCUT2D eigenvalue weighted by Gasteiger charge is -2.30. The summed E-state index contributed by atoms with van der Waals surface area (Å²) in [4.78, 5) is 28.9. The van der Waals surface area contributed by atoms with Gasteiger partial charge in [-0.15, -0.1) is 0 Å². The minimum Gasteiger partial charge on any atom is -0.724 e. The van der Waals surface area contributed by atoms with Crippen LogP contribution in [0.3, 0.4) is 0 Å². The summed E-state index contributed by atoms with van der Waals surface area (Å²) in [5.41, 5.74) is 5.22. The number of primary amides is 1. The van der Waals surface area contributed by atoms with Crippen molar-refractivity contribution < 1.29 is 31.7 Å². The predicted octanol–water partition coefficient (Wildman–Crippen LogP) is -1.48. The van der Waals surface area contributed by atoms with E-state index in [1.54, 1.807) is 0 Å². The molecular weight excluding hydrogens is 320 g/mol. The molecule has 0 unspecified atom stereocenters. The Morgan fingerprint density at radius 1 is 1.55 bits per heavy atom. The molecule has 2 rings (SSSR count). The van der Waals surface area contributed by atoms with Gasteiger partial charge in [-0.3, -0.25) is 4.79 Å². The van der Waals surface area contributed by atoms with Crippen LogP contribution in [0, 0.1) is 0 Å². The Labute approximate surface area is 126 Å². The smallest absolute Gasteiger partial charge is 0.346 e.